The molecule has 158 valence electrons. The van der Waals surface area contributed by atoms with Crippen molar-refractivity contribution in [2.45, 2.75) is 30.8 Å². The topological polar surface area (TPSA) is 97.4 Å². The van der Waals surface area contributed by atoms with E-state index in [4.69, 9.17) is 16.3 Å². The van der Waals surface area contributed by atoms with Crippen molar-refractivity contribution in [1.82, 2.24) is 9.71 Å². The predicted molar refractivity (Wildman–Crippen MR) is 118 cm³/mol. The van der Waals surface area contributed by atoms with Gasteiger partial charge in [-0.05, 0) is 56.2 Å². The van der Waals surface area contributed by atoms with Gasteiger partial charge in [0.15, 0.2) is 0 Å². The maximum absolute atomic E-state index is 12.7. The van der Waals surface area contributed by atoms with Gasteiger partial charge in [0.25, 0.3) is 5.91 Å². The van der Waals surface area contributed by atoms with Gasteiger partial charge in [0.1, 0.15) is 4.90 Å². The largest absolute Gasteiger partial charge is 0.377 e. The van der Waals surface area contributed by atoms with Crippen LogP contribution in [0.25, 0.3) is 10.2 Å². The number of nitrogens with zero attached hydrogens (tertiary/aromatic N) is 1. The minimum Gasteiger partial charge on any atom is -0.377 e. The monoisotopic (exact) mass is 465 g/mol. The third-order valence-electron chi connectivity index (χ3n) is 4.76. The number of ether oxygens (including phenoxy) is 1. The molecule has 1 saturated heterocycles. The molecule has 3 aromatic rings. The predicted octanol–water partition coefficient (Wildman–Crippen LogP) is 3.97. The fourth-order valence-corrected chi connectivity index (χ4v) is 5.71. The van der Waals surface area contributed by atoms with Crippen molar-refractivity contribution in [3.05, 3.63) is 52.0 Å². The van der Waals surface area contributed by atoms with Crippen LogP contribution in [0.5, 0.6) is 0 Å². The SMILES string of the molecule is Cc1nc2ccc(NC(=O)c3ccc(Cl)c(S(=O)(=O)NCC4CCCO4)c3)cc2s1. The first-order valence-corrected chi connectivity index (χ1v) is 12.1. The average molecular weight is 466 g/mol. The summed E-state index contributed by atoms with van der Waals surface area (Å²) in [6.07, 6.45) is 1.58. The first-order valence-electron chi connectivity index (χ1n) is 9.41. The second-order valence-corrected chi connectivity index (χ2v) is 10.4. The first kappa shape index (κ1) is 21.2. The molecule has 0 radical (unpaired) electrons. The van der Waals surface area contributed by atoms with Crippen LogP contribution in [0.4, 0.5) is 5.69 Å². The van der Waals surface area contributed by atoms with Crippen molar-refractivity contribution >= 4 is 54.8 Å². The molecule has 4 rings (SSSR count). The van der Waals surface area contributed by atoms with Crippen LogP contribution in [0.15, 0.2) is 41.3 Å². The summed E-state index contributed by atoms with van der Waals surface area (Å²) in [7, 11) is -3.88. The Morgan fingerprint density at radius 1 is 1.30 bits per heavy atom. The molecular formula is C20H20ClN3O4S2. The van der Waals surface area contributed by atoms with E-state index < -0.39 is 15.9 Å². The van der Waals surface area contributed by atoms with Crippen molar-refractivity contribution in [2.75, 3.05) is 18.5 Å². The van der Waals surface area contributed by atoms with Gasteiger partial charge in [0.05, 0.1) is 26.4 Å². The van der Waals surface area contributed by atoms with Gasteiger partial charge in [-0.1, -0.05) is 11.6 Å². The number of carbonyl (C=O) groups is 1. The molecule has 1 amide bonds. The summed E-state index contributed by atoms with van der Waals surface area (Å²) in [5.41, 5.74) is 1.66. The minimum atomic E-state index is -3.88. The third kappa shape index (κ3) is 4.65. The first-order chi connectivity index (χ1) is 14.3. The number of sulfonamides is 1. The Morgan fingerprint density at radius 3 is 2.90 bits per heavy atom. The molecule has 7 nitrogen and oxygen atoms in total. The number of fused-ring (bicyclic) bond motifs is 1. The van der Waals surface area contributed by atoms with E-state index in [2.05, 4.69) is 15.0 Å². The Balaban J connectivity index is 1.52. The molecule has 0 saturated carbocycles. The molecular weight excluding hydrogens is 446 g/mol. The molecule has 1 unspecified atom stereocenters. The Morgan fingerprint density at radius 2 is 2.13 bits per heavy atom. The zero-order chi connectivity index (χ0) is 21.3. The highest BCUT2D eigenvalue weighted by Gasteiger charge is 2.23. The molecule has 1 atom stereocenters. The second-order valence-electron chi connectivity index (χ2n) is 7.00. The van der Waals surface area contributed by atoms with Gasteiger partial charge in [0, 0.05) is 24.4 Å². The molecule has 0 spiro atoms. The molecule has 1 aromatic heterocycles. The zero-order valence-electron chi connectivity index (χ0n) is 16.1. The number of aromatic nitrogens is 1. The average Bonchev–Trinajstić information content (AvgIpc) is 3.35. The lowest BCUT2D eigenvalue weighted by Crippen LogP contribution is -2.32. The number of halogens is 1. The number of anilines is 1. The van der Waals surface area contributed by atoms with Crippen LogP contribution in [-0.2, 0) is 14.8 Å². The molecule has 1 fully saturated rings. The van der Waals surface area contributed by atoms with Gasteiger partial charge in [-0.3, -0.25) is 4.79 Å². The molecule has 1 aliphatic heterocycles. The second kappa shape index (κ2) is 8.60. The van der Waals surface area contributed by atoms with Gasteiger partial charge < -0.3 is 10.1 Å². The normalized spacial score (nSPS) is 16.8. The molecule has 10 heteroatoms. The van der Waals surface area contributed by atoms with E-state index in [9.17, 15) is 13.2 Å². The summed E-state index contributed by atoms with van der Waals surface area (Å²) in [6.45, 7) is 2.73. The van der Waals surface area contributed by atoms with E-state index in [1.54, 1.807) is 6.07 Å². The van der Waals surface area contributed by atoms with Crippen LogP contribution < -0.4 is 10.0 Å². The Kier molecular flexibility index (Phi) is 6.08. The van der Waals surface area contributed by atoms with Crippen LogP contribution in [-0.4, -0.2) is 38.6 Å². The van der Waals surface area contributed by atoms with E-state index >= 15 is 0 Å². The van der Waals surface area contributed by atoms with Gasteiger partial charge in [-0.15, -0.1) is 11.3 Å². The van der Waals surface area contributed by atoms with Crippen LogP contribution >= 0.6 is 22.9 Å². The molecule has 30 heavy (non-hydrogen) atoms. The number of rotatable bonds is 6. The maximum Gasteiger partial charge on any atom is 0.255 e. The van der Waals surface area contributed by atoms with Gasteiger partial charge in [0.2, 0.25) is 10.0 Å². The molecule has 2 N–H and O–H groups in total. The van der Waals surface area contributed by atoms with Gasteiger partial charge in [-0.2, -0.15) is 0 Å². The highest BCUT2D eigenvalue weighted by atomic mass is 35.5. The highest BCUT2D eigenvalue weighted by molar-refractivity contribution is 7.89. The number of hydrogen-bond acceptors (Lipinski definition) is 6. The fraction of sp³-hybridized carbons (Fsp3) is 0.300. The summed E-state index contributed by atoms with van der Waals surface area (Å²) >= 11 is 7.66. The lowest BCUT2D eigenvalue weighted by atomic mass is 10.2. The Bertz CT molecular complexity index is 1200. The number of nitrogens with one attached hydrogen (secondary N) is 2. The number of carbonyl (C=O) groups excluding carboxylic acids is 1. The smallest absolute Gasteiger partial charge is 0.255 e. The summed E-state index contributed by atoms with van der Waals surface area (Å²) in [5, 5.41) is 3.79. The standard InChI is InChI=1S/C20H20ClN3O4S2/c1-12-23-17-7-5-14(10-18(17)29-12)24-20(25)13-4-6-16(21)19(9-13)30(26,27)22-11-15-3-2-8-28-15/h4-7,9-10,15,22H,2-3,8,11H2,1H3,(H,24,25). The van der Waals surface area contributed by atoms with Crippen molar-refractivity contribution in [3.63, 3.8) is 0 Å². The summed E-state index contributed by atoms with van der Waals surface area (Å²) < 4.78 is 34.3. The maximum atomic E-state index is 12.7. The van der Waals surface area contributed by atoms with Crippen LogP contribution in [0.2, 0.25) is 5.02 Å². The molecule has 1 aliphatic rings. The van der Waals surface area contributed by atoms with Crippen LogP contribution in [0.3, 0.4) is 0 Å². The molecule has 2 heterocycles. The van der Waals surface area contributed by atoms with Crippen molar-refractivity contribution < 1.29 is 17.9 Å². The summed E-state index contributed by atoms with van der Waals surface area (Å²) in [5.74, 6) is -0.428. The number of amides is 1. The minimum absolute atomic E-state index is 0.0490. The van der Waals surface area contributed by atoms with Crippen LogP contribution in [0.1, 0.15) is 28.2 Å². The quantitative estimate of drug-likeness (QED) is 0.574. The Hall–Kier alpha value is -2.04. The van der Waals surface area contributed by atoms with Gasteiger partial charge in [-0.25, -0.2) is 18.1 Å². The van der Waals surface area contributed by atoms with E-state index in [0.29, 0.717) is 12.3 Å². The summed E-state index contributed by atoms with van der Waals surface area (Å²) in [6, 6.07) is 9.62. The number of hydrogen-bond donors (Lipinski definition) is 2. The highest BCUT2D eigenvalue weighted by Crippen LogP contribution is 2.26. The van der Waals surface area contributed by atoms with Gasteiger partial charge >= 0.3 is 0 Å². The Labute approximate surface area is 183 Å². The lowest BCUT2D eigenvalue weighted by Gasteiger charge is -2.13. The molecule has 0 aliphatic carbocycles. The number of benzene rings is 2. The third-order valence-corrected chi connectivity index (χ3v) is 7.60. The van der Waals surface area contributed by atoms with E-state index in [1.807, 2.05) is 19.1 Å². The van der Waals surface area contributed by atoms with E-state index in [0.717, 1.165) is 28.1 Å². The van der Waals surface area contributed by atoms with Crippen LogP contribution in [0, 0.1) is 6.92 Å². The lowest BCUT2D eigenvalue weighted by molar-refractivity contribution is 0.102. The van der Waals surface area contributed by atoms with Crippen molar-refractivity contribution in [1.29, 1.82) is 0 Å². The molecule has 2 aromatic carbocycles. The fourth-order valence-electron chi connectivity index (χ4n) is 3.26. The van der Waals surface area contributed by atoms with E-state index in [1.165, 1.54) is 29.5 Å². The molecule has 0 bridgehead atoms. The summed E-state index contributed by atoms with van der Waals surface area (Å²) in [4.78, 5) is 17.0. The zero-order valence-corrected chi connectivity index (χ0v) is 18.5. The van der Waals surface area contributed by atoms with E-state index in [-0.39, 0.29) is 28.1 Å². The number of aryl methyl sites for hydroxylation is 1. The van der Waals surface area contributed by atoms with Crippen molar-refractivity contribution in [3.8, 4) is 0 Å². The number of thiazole rings is 1. The van der Waals surface area contributed by atoms with Crippen molar-refractivity contribution in [2.24, 2.45) is 0 Å².